The van der Waals surface area contributed by atoms with Crippen molar-refractivity contribution in [2.24, 2.45) is 5.92 Å². The van der Waals surface area contributed by atoms with Crippen LogP contribution in [-0.2, 0) is 9.59 Å². The maximum atomic E-state index is 12.4. The maximum absolute atomic E-state index is 12.4. The van der Waals surface area contributed by atoms with E-state index in [4.69, 9.17) is 5.11 Å². The van der Waals surface area contributed by atoms with Gasteiger partial charge in [0, 0.05) is 27.2 Å². The summed E-state index contributed by atoms with van der Waals surface area (Å²) in [6.07, 6.45) is 1.49. The molecular formula is C13H23N3O4. The fourth-order valence-electron chi connectivity index (χ4n) is 2.16. The summed E-state index contributed by atoms with van der Waals surface area (Å²) in [4.78, 5) is 38.0. The van der Waals surface area contributed by atoms with Crippen molar-refractivity contribution in [1.29, 1.82) is 0 Å². The summed E-state index contributed by atoms with van der Waals surface area (Å²) < 4.78 is 0. The van der Waals surface area contributed by atoms with E-state index in [1.54, 1.807) is 11.9 Å². The minimum Gasteiger partial charge on any atom is -0.480 e. The van der Waals surface area contributed by atoms with E-state index >= 15 is 0 Å². The van der Waals surface area contributed by atoms with Gasteiger partial charge in [0.15, 0.2) is 0 Å². The highest BCUT2D eigenvalue weighted by molar-refractivity contribution is 5.86. The lowest BCUT2D eigenvalue weighted by Gasteiger charge is -2.39. The van der Waals surface area contributed by atoms with Crippen molar-refractivity contribution in [1.82, 2.24) is 15.1 Å². The minimum absolute atomic E-state index is 0.0809. The number of hydrogen-bond acceptors (Lipinski definition) is 3. The number of urea groups is 1. The molecule has 0 spiro atoms. The van der Waals surface area contributed by atoms with Crippen LogP contribution in [0, 0.1) is 5.92 Å². The number of likely N-dealkylation sites (tertiary alicyclic amines) is 1. The molecule has 3 amide bonds. The molecule has 1 aliphatic rings. The summed E-state index contributed by atoms with van der Waals surface area (Å²) in [6, 6.07) is -0.356. The number of aliphatic carboxylic acids is 1. The number of carbonyl (C=O) groups excluding carboxylic acids is 2. The number of piperidine rings is 1. The standard InChI is InChI=1S/C13H23N3O4/c1-13(2,11(18)19)15(4)12(20)16-7-5-6-9(8-16)10(17)14-3/h9H,5-8H2,1-4H3,(H,14,17)(H,18,19). The lowest BCUT2D eigenvalue weighted by Crippen LogP contribution is -2.57. The predicted molar refractivity (Wildman–Crippen MR) is 73.2 cm³/mol. The number of rotatable bonds is 3. The molecule has 0 aromatic rings. The highest BCUT2D eigenvalue weighted by Crippen LogP contribution is 2.21. The number of nitrogens with one attached hydrogen (secondary N) is 1. The highest BCUT2D eigenvalue weighted by Gasteiger charge is 2.38. The molecule has 0 aromatic heterocycles. The monoisotopic (exact) mass is 285 g/mol. The zero-order valence-electron chi connectivity index (χ0n) is 12.5. The van der Waals surface area contributed by atoms with Crippen molar-refractivity contribution >= 4 is 17.9 Å². The summed E-state index contributed by atoms with van der Waals surface area (Å²) in [5.41, 5.74) is -1.28. The number of carboxylic acids is 1. The molecule has 1 saturated heterocycles. The van der Waals surface area contributed by atoms with Gasteiger partial charge in [-0.25, -0.2) is 9.59 Å². The van der Waals surface area contributed by atoms with Gasteiger partial charge < -0.3 is 20.2 Å². The Balaban J connectivity index is 2.77. The van der Waals surface area contributed by atoms with Gasteiger partial charge in [0.2, 0.25) is 5.91 Å². The number of carboxylic acid groups (broad SMARTS) is 1. The molecule has 1 heterocycles. The van der Waals surface area contributed by atoms with Crippen molar-refractivity contribution in [2.45, 2.75) is 32.2 Å². The number of amides is 3. The summed E-state index contributed by atoms with van der Waals surface area (Å²) in [5, 5.41) is 11.7. The molecule has 1 fully saturated rings. The quantitative estimate of drug-likeness (QED) is 0.783. The lowest BCUT2D eigenvalue weighted by atomic mass is 9.97. The van der Waals surface area contributed by atoms with Crippen LogP contribution in [0.15, 0.2) is 0 Å². The van der Waals surface area contributed by atoms with Gasteiger partial charge in [0.05, 0.1) is 5.92 Å². The van der Waals surface area contributed by atoms with Gasteiger partial charge in [-0.3, -0.25) is 4.79 Å². The fraction of sp³-hybridized carbons (Fsp3) is 0.769. The van der Waals surface area contributed by atoms with Crippen molar-refractivity contribution < 1.29 is 19.5 Å². The SMILES string of the molecule is CNC(=O)C1CCCN(C(=O)N(C)C(C)(C)C(=O)O)C1. The van der Waals surface area contributed by atoms with Crippen LogP contribution in [0.1, 0.15) is 26.7 Å². The third kappa shape index (κ3) is 3.20. The summed E-state index contributed by atoms with van der Waals surface area (Å²) in [5.74, 6) is -1.37. The first-order valence-electron chi connectivity index (χ1n) is 6.69. The Kier molecular flexibility index (Phi) is 4.97. The normalized spacial score (nSPS) is 19.4. The number of carbonyl (C=O) groups is 3. The van der Waals surface area contributed by atoms with E-state index in [0.717, 1.165) is 12.8 Å². The van der Waals surface area contributed by atoms with Crippen LogP contribution in [0.4, 0.5) is 4.79 Å². The van der Waals surface area contributed by atoms with Crippen LogP contribution < -0.4 is 5.32 Å². The number of hydrogen-bond donors (Lipinski definition) is 2. The van der Waals surface area contributed by atoms with E-state index < -0.39 is 11.5 Å². The molecule has 2 N–H and O–H groups in total. The topological polar surface area (TPSA) is 90.0 Å². The highest BCUT2D eigenvalue weighted by atomic mass is 16.4. The molecule has 0 aromatic carbocycles. The molecular weight excluding hydrogens is 262 g/mol. The first-order chi connectivity index (χ1) is 9.21. The van der Waals surface area contributed by atoms with Crippen LogP contribution in [0.25, 0.3) is 0 Å². The van der Waals surface area contributed by atoms with Crippen LogP contribution in [-0.4, -0.2) is 65.5 Å². The Morgan fingerprint density at radius 2 is 1.95 bits per heavy atom. The lowest BCUT2D eigenvalue weighted by molar-refractivity contribution is -0.147. The number of likely N-dealkylation sites (N-methyl/N-ethyl adjacent to an activating group) is 1. The van der Waals surface area contributed by atoms with Gasteiger partial charge >= 0.3 is 12.0 Å². The summed E-state index contributed by atoms with van der Waals surface area (Å²) >= 11 is 0. The van der Waals surface area contributed by atoms with Gasteiger partial charge in [0.25, 0.3) is 0 Å². The van der Waals surface area contributed by atoms with Gasteiger partial charge in [-0.15, -0.1) is 0 Å². The molecule has 0 radical (unpaired) electrons. The molecule has 0 bridgehead atoms. The van der Waals surface area contributed by atoms with E-state index in [9.17, 15) is 14.4 Å². The van der Waals surface area contributed by atoms with E-state index in [0.29, 0.717) is 13.1 Å². The predicted octanol–water partition coefficient (Wildman–Crippen LogP) is 0.359. The van der Waals surface area contributed by atoms with Crippen LogP contribution in [0.2, 0.25) is 0 Å². The Morgan fingerprint density at radius 1 is 1.35 bits per heavy atom. The third-order valence-corrected chi connectivity index (χ3v) is 3.96. The zero-order valence-corrected chi connectivity index (χ0v) is 12.5. The number of nitrogens with zero attached hydrogens (tertiary/aromatic N) is 2. The largest absolute Gasteiger partial charge is 0.480 e. The van der Waals surface area contributed by atoms with E-state index in [2.05, 4.69) is 5.32 Å². The van der Waals surface area contributed by atoms with Crippen molar-refractivity contribution in [2.75, 3.05) is 27.2 Å². The summed E-state index contributed by atoms with van der Waals surface area (Å²) in [6.45, 7) is 3.84. The molecule has 7 nitrogen and oxygen atoms in total. The molecule has 1 aliphatic heterocycles. The van der Waals surface area contributed by atoms with Crippen LogP contribution in [0.5, 0.6) is 0 Å². The Hall–Kier alpha value is -1.79. The Labute approximate surface area is 118 Å². The Bertz CT molecular complexity index is 408. The second-order valence-electron chi connectivity index (χ2n) is 5.61. The van der Waals surface area contributed by atoms with E-state index in [-0.39, 0.29) is 17.9 Å². The zero-order chi connectivity index (χ0) is 15.5. The molecule has 20 heavy (non-hydrogen) atoms. The van der Waals surface area contributed by atoms with Gasteiger partial charge in [-0.05, 0) is 26.7 Å². The third-order valence-electron chi connectivity index (χ3n) is 3.96. The van der Waals surface area contributed by atoms with Crippen LogP contribution >= 0.6 is 0 Å². The van der Waals surface area contributed by atoms with Crippen molar-refractivity contribution in [3.8, 4) is 0 Å². The Morgan fingerprint density at radius 3 is 2.45 bits per heavy atom. The average molecular weight is 285 g/mol. The molecule has 1 unspecified atom stereocenters. The first kappa shape index (κ1) is 16.3. The molecule has 7 heteroatoms. The van der Waals surface area contributed by atoms with Gasteiger partial charge in [-0.1, -0.05) is 0 Å². The molecule has 0 aliphatic carbocycles. The van der Waals surface area contributed by atoms with E-state index in [1.165, 1.54) is 25.8 Å². The van der Waals surface area contributed by atoms with Crippen molar-refractivity contribution in [3.63, 3.8) is 0 Å². The summed E-state index contributed by atoms with van der Waals surface area (Å²) in [7, 11) is 3.04. The molecule has 1 atom stereocenters. The van der Waals surface area contributed by atoms with E-state index in [1.807, 2.05) is 0 Å². The maximum Gasteiger partial charge on any atom is 0.329 e. The smallest absolute Gasteiger partial charge is 0.329 e. The van der Waals surface area contributed by atoms with Crippen molar-refractivity contribution in [3.05, 3.63) is 0 Å². The fourth-order valence-corrected chi connectivity index (χ4v) is 2.16. The molecule has 1 rings (SSSR count). The second-order valence-corrected chi connectivity index (χ2v) is 5.61. The second kappa shape index (κ2) is 6.11. The van der Waals surface area contributed by atoms with Gasteiger partial charge in [-0.2, -0.15) is 0 Å². The van der Waals surface area contributed by atoms with Gasteiger partial charge in [0.1, 0.15) is 5.54 Å². The first-order valence-corrected chi connectivity index (χ1v) is 6.69. The molecule has 114 valence electrons. The minimum atomic E-state index is -1.28. The average Bonchev–Trinajstić information content (AvgIpc) is 2.44. The molecule has 0 saturated carbocycles. The van der Waals surface area contributed by atoms with Crippen LogP contribution in [0.3, 0.4) is 0 Å².